The Morgan fingerprint density at radius 2 is 1.65 bits per heavy atom. The lowest BCUT2D eigenvalue weighted by molar-refractivity contribution is 0.0723. The quantitative estimate of drug-likeness (QED) is 0.203. The number of halogens is 2. The average molecular weight is 602 g/mol. The van der Waals surface area contributed by atoms with Crippen molar-refractivity contribution >= 4 is 23.3 Å². The minimum Gasteiger partial charge on any atom is -0.339 e. The van der Waals surface area contributed by atoms with Gasteiger partial charge in [-0.05, 0) is 69.2 Å². The third-order valence-corrected chi connectivity index (χ3v) is 8.80. The Balaban J connectivity index is 1.78. The zero-order valence-corrected chi connectivity index (χ0v) is 25.9. The molecule has 0 radical (unpaired) electrons. The van der Waals surface area contributed by atoms with E-state index < -0.39 is 6.43 Å². The summed E-state index contributed by atoms with van der Waals surface area (Å²) in [6.45, 7) is 9.44. The second kappa shape index (κ2) is 13.2. The number of thiazole rings is 1. The summed E-state index contributed by atoms with van der Waals surface area (Å²) < 4.78 is 28.0. The van der Waals surface area contributed by atoms with Crippen LogP contribution in [0.25, 0.3) is 33.6 Å². The molecule has 2 aromatic heterocycles. The van der Waals surface area contributed by atoms with Crippen molar-refractivity contribution in [1.82, 2.24) is 14.5 Å². The van der Waals surface area contributed by atoms with Gasteiger partial charge in [-0.1, -0.05) is 61.9 Å². The van der Waals surface area contributed by atoms with Crippen LogP contribution in [0.3, 0.4) is 0 Å². The molecule has 1 aliphatic heterocycles. The van der Waals surface area contributed by atoms with Crippen LogP contribution in [0.15, 0.2) is 64.3 Å². The van der Waals surface area contributed by atoms with Crippen molar-refractivity contribution in [3.05, 3.63) is 97.8 Å². The van der Waals surface area contributed by atoms with Crippen LogP contribution in [0.5, 0.6) is 0 Å². The Labute approximate surface area is 255 Å². The smallest absolute Gasteiger partial charge is 0.265 e. The third kappa shape index (κ3) is 6.25. The summed E-state index contributed by atoms with van der Waals surface area (Å²) in [5.74, 6) is -0.0893. The van der Waals surface area contributed by atoms with E-state index in [0.29, 0.717) is 46.2 Å². The zero-order valence-electron chi connectivity index (χ0n) is 25.1. The molecule has 0 N–H and O–H groups in total. The largest absolute Gasteiger partial charge is 0.339 e. The molecular formula is C35H37F2N3O2S. The van der Waals surface area contributed by atoms with E-state index in [2.05, 4.69) is 13.8 Å². The molecule has 0 aliphatic carbocycles. The van der Waals surface area contributed by atoms with E-state index in [-0.39, 0.29) is 17.0 Å². The predicted octanol–water partition coefficient (Wildman–Crippen LogP) is 8.74. The number of benzene rings is 2. The molecule has 0 spiro atoms. The molecular weight excluding hydrogens is 564 g/mol. The first-order chi connectivity index (χ1) is 20.7. The topological polar surface area (TPSA) is 55.2 Å². The lowest BCUT2D eigenvalue weighted by Gasteiger charge is -2.28. The number of aromatic nitrogens is 2. The minimum atomic E-state index is -2.55. The maximum absolute atomic E-state index is 14.6. The van der Waals surface area contributed by atoms with Crippen molar-refractivity contribution in [3.8, 4) is 27.5 Å². The Hall–Kier alpha value is -3.91. The summed E-state index contributed by atoms with van der Waals surface area (Å²) in [6, 6.07) is 13.8. The maximum Gasteiger partial charge on any atom is 0.265 e. The number of aryl methyl sites for hydroxylation is 2. The van der Waals surface area contributed by atoms with Crippen LogP contribution in [0, 0.1) is 0 Å². The Morgan fingerprint density at radius 1 is 1.00 bits per heavy atom. The van der Waals surface area contributed by atoms with Gasteiger partial charge in [0.05, 0.1) is 28.2 Å². The summed E-state index contributed by atoms with van der Waals surface area (Å²) in [7, 11) is 0. The summed E-state index contributed by atoms with van der Waals surface area (Å²) in [4.78, 5) is 35.5. The number of allylic oxidation sites excluding steroid dienone is 1. The Kier molecular flexibility index (Phi) is 9.35. The van der Waals surface area contributed by atoms with Crippen LogP contribution in [-0.4, -0.2) is 33.4 Å². The molecule has 0 atom stereocenters. The molecule has 1 amide bonds. The van der Waals surface area contributed by atoms with E-state index >= 15 is 0 Å². The number of likely N-dealkylation sites (tertiary alicyclic amines) is 1. The van der Waals surface area contributed by atoms with Gasteiger partial charge < -0.3 is 4.90 Å². The number of carbonyl (C=O) groups excluding carboxylic acids is 1. The predicted molar refractivity (Wildman–Crippen MR) is 171 cm³/mol. The van der Waals surface area contributed by atoms with Gasteiger partial charge in [-0.15, -0.1) is 11.3 Å². The highest BCUT2D eigenvalue weighted by atomic mass is 32.1. The summed E-state index contributed by atoms with van der Waals surface area (Å²) in [5, 5.41) is 2.31. The number of amides is 1. The molecule has 5 rings (SSSR count). The molecule has 8 heteroatoms. The molecule has 2 aromatic carbocycles. The van der Waals surface area contributed by atoms with Gasteiger partial charge in [-0.3, -0.25) is 14.2 Å². The molecule has 0 saturated carbocycles. The molecule has 224 valence electrons. The molecule has 3 heterocycles. The highest BCUT2D eigenvalue weighted by molar-refractivity contribution is 7.13. The number of carbonyl (C=O) groups is 1. The van der Waals surface area contributed by atoms with E-state index in [0.717, 1.165) is 54.5 Å². The number of nitrogens with zero attached hydrogens (tertiary/aromatic N) is 3. The molecule has 43 heavy (non-hydrogen) atoms. The van der Waals surface area contributed by atoms with Gasteiger partial charge in [-0.2, -0.15) is 0 Å². The molecule has 1 aliphatic rings. The molecule has 1 saturated heterocycles. The zero-order chi connectivity index (χ0) is 30.7. The van der Waals surface area contributed by atoms with Crippen LogP contribution in [0.4, 0.5) is 8.78 Å². The number of rotatable bonds is 8. The van der Waals surface area contributed by atoms with E-state index in [9.17, 15) is 18.4 Å². The SMILES string of the molecule is CCc1cccc(CC)c1-n1c(C=C(C)C)c(C(=O)N2CCCCC2)cc(-c2nc(-c3ccc(C(F)F)cc3)cs2)c1=O. The molecule has 5 nitrogen and oxygen atoms in total. The molecule has 0 unspecified atom stereocenters. The number of piperidine rings is 1. The van der Waals surface area contributed by atoms with Gasteiger partial charge in [0, 0.05) is 29.6 Å². The number of alkyl halides is 2. The monoisotopic (exact) mass is 601 g/mol. The fourth-order valence-corrected chi connectivity index (χ4v) is 6.53. The third-order valence-electron chi connectivity index (χ3n) is 7.92. The number of hydrogen-bond donors (Lipinski definition) is 0. The van der Waals surface area contributed by atoms with Gasteiger partial charge >= 0.3 is 0 Å². The van der Waals surface area contributed by atoms with Crippen molar-refractivity contribution in [1.29, 1.82) is 0 Å². The van der Waals surface area contributed by atoms with Crippen LogP contribution in [-0.2, 0) is 12.8 Å². The van der Waals surface area contributed by atoms with Crippen LogP contribution >= 0.6 is 11.3 Å². The normalized spacial score (nSPS) is 13.4. The van der Waals surface area contributed by atoms with Gasteiger partial charge in [0.2, 0.25) is 0 Å². The van der Waals surface area contributed by atoms with Crippen molar-refractivity contribution in [2.24, 2.45) is 0 Å². The van der Waals surface area contributed by atoms with E-state index in [4.69, 9.17) is 4.98 Å². The van der Waals surface area contributed by atoms with Crippen molar-refractivity contribution in [3.63, 3.8) is 0 Å². The fraction of sp³-hybridized carbons (Fsp3) is 0.343. The Morgan fingerprint density at radius 3 is 2.23 bits per heavy atom. The lowest BCUT2D eigenvalue weighted by Crippen LogP contribution is -2.37. The van der Waals surface area contributed by atoms with Crippen molar-refractivity contribution in [2.75, 3.05) is 13.1 Å². The first-order valence-electron chi connectivity index (χ1n) is 14.9. The lowest BCUT2D eigenvalue weighted by atomic mass is 9.99. The second-order valence-electron chi connectivity index (χ2n) is 11.2. The summed E-state index contributed by atoms with van der Waals surface area (Å²) in [6.07, 6.45) is 3.84. The Bertz CT molecular complexity index is 1690. The second-order valence-corrected chi connectivity index (χ2v) is 12.0. The van der Waals surface area contributed by atoms with Crippen molar-refractivity contribution in [2.45, 2.75) is 66.2 Å². The van der Waals surface area contributed by atoms with Gasteiger partial charge in [0.15, 0.2) is 0 Å². The average Bonchev–Trinajstić information content (AvgIpc) is 3.51. The fourth-order valence-electron chi connectivity index (χ4n) is 5.69. The van der Waals surface area contributed by atoms with E-state index in [1.807, 2.05) is 48.4 Å². The highest BCUT2D eigenvalue weighted by Gasteiger charge is 2.27. The molecule has 0 bridgehead atoms. The van der Waals surface area contributed by atoms with Crippen molar-refractivity contribution < 1.29 is 13.6 Å². The highest BCUT2D eigenvalue weighted by Crippen LogP contribution is 2.32. The summed E-state index contributed by atoms with van der Waals surface area (Å²) in [5.41, 5.74) is 6.22. The van der Waals surface area contributed by atoms with Gasteiger partial charge in [0.1, 0.15) is 5.01 Å². The molecule has 4 aromatic rings. The summed E-state index contributed by atoms with van der Waals surface area (Å²) >= 11 is 1.31. The maximum atomic E-state index is 14.6. The van der Waals surface area contributed by atoms with Crippen LogP contribution < -0.4 is 5.56 Å². The number of para-hydroxylation sites is 1. The standard InChI is InChI=1S/C35H37F2N3O2S/c1-5-23-11-10-12-24(6-2)31(23)40-30(19-22(3)4)27(34(41)39-17-8-7-9-18-39)20-28(35(40)42)33-38-29(21-43-33)25-13-15-26(16-14-25)32(36)37/h10-16,19-21,32H,5-9,17-18H2,1-4H3. The van der Waals surface area contributed by atoms with Gasteiger partial charge in [-0.25, -0.2) is 13.8 Å². The first-order valence-corrected chi connectivity index (χ1v) is 15.8. The van der Waals surface area contributed by atoms with Crippen LogP contribution in [0.2, 0.25) is 0 Å². The number of hydrogen-bond acceptors (Lipinski definition) is 4. The number of pyridine rings is 1. The first kappa shape index (κ1) is 30.5. The molecule has 1 fully saturated rings. The van der Waals surface area contributed by atoms with Crippen LogP contribution in [0.1, 0.15) is 86.1 Å². The van der Waals surface area contributed by atoms with E-state index in [1.54, 1.807) is 22.8 Å². The van der Waals surface area contributed by atoms with E-state index in [1.165, 1.54) is 23.5 Å². The van der Waals surface area contributed by atoms with Gasteiger partial charge in [0.25, 0.3) is 17.9 Å². The minimum absolute atomic E-state index is 0.0564.